The summed E-state index contributed by atoms with van der Waals surface area (Å²) < 4.78 is 5.32. The van der Waals surface area contributed by atoms with Crippen LogP contribution in [0.15, 0.2) is 0 Å². The zero-order valence-electron chi connectivity index (χ0n) is 13.3. The molecule has 0 atom stereocenters. The molecule has 118 valence electrons. The lowest BCUT2D eigenvalue weighted by Gasteiger charge is -2.33. The maximum absolute atomic E-state index is 5.32. The molecule has 1 N–H and O–H groups in total. The van der Waals surface area contributed by atoms with Gasteiger partial charge in [-0.15, -0.1) is 0 Å². The highest BCUT2D eigenvalue weighted by Gasteiger charge is 2.22. The smallest absolute Gasteiger partial charge is 0.0590 e. The van der Waals surface area contributed by atoms with E-state index in [1.807, 2.05) is 6.92 Å². The highest BCUT2D eigenvalue weighted by atomic mass is 16.5. The van der Waals surface area contributed by atoms with Gasteiger partial charge in [-0.25, -0.2) is 0 Å². The average molecular weight is 283 g/mol. The van der Waals surface area contributed by atoms with Crippen LogP contribution in [0.3, 0.4) is 0 Å². The van der Waals surface area contributed by atoms with Gasteiger partial charge in [-0.2, -0.15) is 0 Å². The van der Waals surface area contributed by atoms with Gasteiger partial charge in [-0.05, 0) is 64.7 Å². The van der Waals surface area contributed by atoms with E-state index in [9.17, 15) is 0 Å². The quantitative estimate of drug-likeness (QED) is 0.648. The Labute approximate surface area is 124 Å². The van der Waals surface area contributed by atoms with E-state index < -0.39 is 0 Å². The third-order valence-corrected chi connectivity index (χ3v) is 4.65. The third-order valence-electron chi connectivity index (χ3n) is 4.65. The molecule has 2 heterocycles. The summed E-state index contributed by atoms with van der Waals surface area (Å²) in [5.74, 6) is 0.954. The predicted octanol–water partition coefficient (Wildman–Crippen LogP) is 1.42. The molecule has 2 aliphatic heterocycles. The van der Waals surface area contributed by atoms with Crippen LogP contribution in [0.25, 0.3) is 0 Å². The first-order chi connectivity index (χ1) is 9.88. The number of hydrogen-bond donors (Lipinski definition) is 1. The fraction of sp³-hybridized carbons (Fsp3) is 1.00. The maximum Gasteiger partial charge on any atom is 0.0590 e. The summed E-state index contributed by atoms with van der Waals surface area (Å²) in [6.45, 7) is 13.7. The van der Waals surface area contributed by atoms with Gasteiger partial charge in [0.1, 0.15) is 0 Å². The Bertz CT molecular complexity index is 236. The average Bonchev–Trinajstić information content (AvgIpc) is 2.97. The number of nitrogens with one attached hydrogen (secondary N) is 1. The highest BCUT2D eigenvalue weighted by molar-refractivity contribution is 4.77. The maximum atomic E-state index is 5.32. The Balaban J connectivity index is 1.46. The van der Waals surface area contributed by atoms with Crippen LogP contribution in [0.4, 0.5) is 0 Å². The number of piperidine rings is 1. The summed E-state index contributed by atoms with van der Waals surface area (Å²) in [7, 11) is 0. The van der Waals surface area contributed by atoms with Crippen molar-refractivity contribution in [3.63, 3.8) is 0 Å². The fourth-order valence-corrected chi connectivity index (χ4v) is 3.37. The molecule has 0 bridgehead atoms. The van der Waals surface area contributed by atoms with Crippen LogP contribution in [0.1, 0.15) is 32.6 Å². The molecule has 0 unspecified atom stereocenters. The van der Waals surface area contributed by atoms with Gasteiger partial charge in [0.25, 0.3) is 0 Å². The molecule has 2 aliphatic rings. The first-order valence-electron chi connectivity index (χ1n) is 8.61. The van der Waals surface area contributed by atoms with E-state index >= 15 is 0 Å². The summed E-state index contributed by atoms with van der Waals surface area (Å²) in [5, 5.41) is 3.46. The largest absolute Gasteiger partial charge is 0.380 e. The van der Waals surface area contributed by atoms with Crippen LogP contribution in [-0.4, -0.2) is 75.4 Å². The molecule has 20 heavy (non-hydrogen) atoms. The molecule has 4 heteroatoms. The molecular formula is C16H33N3O. The van der Waals surface area contributed by atoms with E-state index in [-0.39, 0.29) is 0 Å². The first kappa shape index (κ1) is 16.2. The minimum atomic E-state index is 0.826. The van der Waals surface area contributed by atoms with Crippen LogP contribution in [-0.2, 0) is 4.74 Å². The molecule has 2 fully saturated rings. The Kier molecular flexibility index (Phi) is 7.88. The Morgan fingerprint density at radius 1 is 1.00 bits per heavy atom. The van der Waals surface area contributed by atoms with Crippen molar-refractivity contribution in [2.24, 2.45) is 5.92 Å². The van der Waals surface area contributed by atoms with Crippen molar-refractivity contribution in [2.75, 3.05) is 65.6 Å². The number of rotatable bonds is 9. The van der Waals surface area contributed by atoms with Crippen LogP contribution in [0.2, 0.25) is 0 Å². The SMILES string of the molecule is CCOCCNCCN1CCC(CN2CCCC2)CC1. The van der Waals surface area contributed by atoms with Crippen LogP contribution in [0.5, 0.6) is 0 Å². The van der Waals surface area contributed by atoms with E-state index in [4.69, 9.17) is 4.74 Å². The molecule has 2 rings (SSSR count). The second-order valence-corrected chi connectivity index (χ2v) is 6.24. The van der Waals surface area contributed by atoms with Crippen molar-refractivity contribution in [2.45, 2.75) is 32.6 Å². The van der Waals surface area contributed by atoms with Gasteiger partial charge >= 0.3 is 0 Å². The zero-order chi connectivity index (χ0) is 14.0. The van der Waals surface area contributed by atoms with Crippen molar-refractivity contribution in [3.05, 3.63) is 0 Å². The number of likely N-dealkylation sites (tertiary alicyclic amines) is 2. The Hall–Kier alpha value is -0.160. The molecule has 0 aromatic heterocycles. The topological polar surface area (TPSA) is 27.7 Å². The lowest BCUT2D eigenvalue weighted by molar-refractivity contribution is 0.141. The standard InChI is InChI=1S/C16H33N3O/c1-2-20-14-8-17-7-13-18-11-5-16(6-12-18)15-19-9-3-4-10-19/h16-17H,2-15H2,1H3. The minimum Gasteiger partial charge on any atom is -0.380 e. The van der Waals surface area contributed by atoms with E-state index in [2.05, 4.69) is 15.1 Å². The summed E-state index contributed by atoms with van der Waals surface area (Å²) in [6, 6.07) is 0. The van der Waals surface area contributed by atoms with Crippen molar-refractivity contribution in [3.8, 4) is 0 Å². The number of nitrogens with zero attached hydrogens (tertiary/aromatic N) is 2. The van der Waals surface area contributed by atoms with E-state index in [1.54, 1.807) is 0 Å². The summed E-state index contributed by atoms with van der Waals surface area (Å²) in [4.78, 5) is 5.30. The Morgan fingerprint density at radius 3 is 2.45 bits per heavy atom. The Morgan fingerprint density at radius 2 is 1.75 bits per heavy atom. The normalized spacial score (nSPS) is 22.6. The summed E-state index contributed by atoms with van der Waals surface area (Å²) in [6.07, 6.45) is 5.64. The monoisotopic (exact) mass is 283 g/mol. The second kappa shape index (κ2) is 9.72. The van der Waals surface area contributed by atoms with Gasteiger partial charge < -0.3 is 19.9 Å². The number of hydrogen-bond acceptors (Lipinski definition) is 4. The van der Waals surface area contributed by atoms with Crippen molar-refractivity contribution >= 4 is 0 Å². The molecule has 0 amide bonds. The van der Waals surface area contributed by atoms with Crippen molar-refractivity contribution in [1.29, 1.82) is 0 Å². The predicted molar refractivity (Wildman–Crippen MR) is 84.2 cm³/mol. The van der Waals surface area contributed by atoms with E-state index in [1.165, 1.54) is 65.0 Å². The molecule has 0 aromatic rings. The van der Waals surface area contributed by atoms with Gasteiger partial charge in [0.2, 0.25) is 0 Å². The van der Waals surface area contributed by atoms with Gasteiger partial charge in [-0.1, -0.05) is 0 Å². The van der Waals surface area contributed by atoms with E-state index in [0.717, 1.165) is 32.2 Å². The molecule has 4 nitrogen and oxygen atoms in total. The minimum absolute atomic E-state index is 0.826. The van der Waals surface area contributed by atoms with Crippen molar-refractivity contribution in [1.82, 2.24) is 15.1 Å². The summed E-state index contributed by atoms with van der Waals surface area (Å²) >= 11 is 0. The van der Waals surface area contributed by atoms with Crippen LogP contribution >= 0.6 is 0 Å². The molecule has 0 aromatic carbocycles. The van der Waals surface area contributed by atoms with Gasteiger partial charge in [-0.3, -0.25) is 0 Å². The van der Waals surface area contributed by atoms with E-state index in [0.29, 0.717) is 0 Å². The van der Waals surface area contributed by atoms with Gasteiger partial charge in [0.15, 0.2) is 0 Å². The second-order valence-electron chi connectivity index (χ2n) is 6.24. The molecule has 0 radical (unpaired) electrons. The van der Waals surface area contributed by atoms with Crippen molar-refractivity contribution < 1.29 is 4.74 Å². The lowest BCUT2D eigenvalue weighted by atomic mass is 9.96. The lowest BCUT2D eigenvalue weighted by Crippen LogP contribution is -2.41. The van der Waals surface area contributed by atoms with Gasteiger partial charge in [0.05, 0.1) is 6.61 Å². The zero-order valence-corrected chi connectivity index (χ0v) is 13.3. The van der Waals surface area contributed by atoms with Crippen LogP contribution < -0.4 is 5.32 Å². The van der Waals surface area contributed by atoms with Gasteiger partial charge in [0, 0.05) is 32.8 Å². The number of ether oxygens (including phenoxy) is 1. The third kappa shape index (κ3) is 6.08. The molecule has 2 saturated heterocycles. The molecule has 0 spiro atoms. The molecular weight excluding hydrogens is 250 g/mol. The van der Waals surface area contributed by atoms with Crippen LogP contribution in [0, 0.1) is 5.92 Å². The summed E-state index contributed by atoms with van der Waals surface area (Å²) in [5.41, 5.74) is 0. The first-order valence-corrected chi connectivity index (χ1v) is 8.61. The fourth-order valence-electron chi connectivity index (χ4n) is 3.37. The molecule has 0 aliphatic carbocycles. The highest BCUT2D eigenvalue weighted by Crippen LogP contribution is 2.20. The molecule has 0 saturated carbocycles.